The van der Waals surface area contributed by atoms with E-state index in [4.69, 9.17) is 4.74 Å². The quantitative estimate of drug-likeness (QED) is 0.706. The minimum atomic E-state index is -3.62. The summed E-state index contributed by atoms with van der Waals surface area (Å²) in [6, 6.07) is 13.9. The summed E-state index contributed by atoms with van der Waals surface area (Å²) in [7, 11) is 0.747. The normalized spacial score (nSPS) is 12.5. The molecule has 0 bridgehead atoms. The highest BCUT2D eigenvalue weighted by molar-refractivity contribution is 7.89. The van der Waals surface area contributed by atoms with E-state index in [1.165, 1.54) is 45.0 Å². The number of anilines is 1. The van der Waals surface area contributed by atoms with Gasteiger partial charge >= 0.3 is 6.03 Å². The van der Waals surface area contributed by atoms with E-state index in [9.17, 15) is 13.2 Å². The molecular formula is C20H27N3O4S. The first-order valence-corrected chi connectivity index (χ1v) is 10.4. The van der Waals surface area contributed by atoms with E-state index >= 15 is 0 Å². The van der Waals surface area contributed by atoms with Crippen LogP contribution in [0.25, 0.3) is 0 Å². The number of carbonyl (C=O) groups excluding carboxylic acids is 1. The zero-order chi connectivity index (χ0) is 20.7. The van der Waals surface area contributed by atoms with Gasteiger partial charge in [-0.2, -0.15) is 0 Å². The van der Waals surface area contributed by atoms with Gasteiger partial charge in [-0.15, -0.1) is 0 Å². The van der Waals surface area contributed by atoms with Gasteiger partial charge in [-0.3, -0.25) is 0 Å². The van der Waals surface area contributed by atoms with Crippen molar-refractivity contribution < 1.29 is 17.9 Å². The second-order valence-corrected chi connectivity index (χ2v) is 8.83. The molecule has 0 aromatic heterocycles. The summed E-state index contributed by atoms with van der Waals surface area (Å²) in [5.41, 5.74) is 1.50. The number of nitrogens with zero attached hydrogens (tertiary/aromatic N) is 1. The Kier molecular flexibility index (Phi) is 7.42. The van der Waals surface area contributed by atoms with Crippen LogP contribution in [0.2, 0.25) is 0 Å². The van der Waals surface area contributed by atoms with Crippen molar-refractivity contribution >= 4 is 21.7 Å². The molecule has 8 heteroatoms. The van der Waals surface area contributed by atoms with E-state index in [0.29, 0.717) is 5.75 Å². The maximum absolute atomic E-state index is 12.4. The molecule has 2 aromatic rings. The molecule has 152 valence electrons. The fourth-order valence-electron chi connectivity index (χ4n) is 2.64. The van der Waals surface area contributed by atoms with Crippen molar-refractivity contribution in [2.45, 2.75) is 30.7 Å². The number of hydrogen-bond donors (Lipinski definition) is 2. The largest absolute Gasteiger partial charge is 0.495 e. The number of amides is 2. The third kappa shape index (κ3) is 5.71. The molecule has 0 aliphatic rings. The minimum absolute atomic E-state index is 0.0557. The number of urea groups is 1. The van der Waals surface area contributed by atoms with Crippen molar-refractivity contribution in [3.05, 3.63) is 54.1 Å². The molecule has 2 N–H and O–H groups in total. The van der Waals surface area contributed by atoms with E-state index in [1.807, 2.05) is 37.3 Å². The van der Waals surface area contributed by atoms with Crippen molar-refractivity contribution in [1.29, 1.82) is 0 Å². The lowest BCUT2D eigenvalue weighted by Gasteiger charge is -2.17. The van der Waals surface area contributed by atoms with Crippen molar-refractivity contribution in [1.82, 2.24) is 9.62 Å². The molecule has 7 nitrogen and oxygen atoms in total. The van der Waals surface area contributed by atoms with Crippen LogP contribution in [0.4, 0.5) is 10.5 Å². The molecule has 0 radical (unpaired) electrons. The lowest BCUT2D eigenvalue weighted by atomic mass is 10.1. The maximum atomic E-state index is 12.4. The molecule has 0 unspecified atom stereocenters. The lowest BCUT2D eigenvalue weighted by molar-refractivity contribution is 0.248. The molecule has 0 aliphatic heterocycles. The Morgan fingerprint density at radius 3 is 2.43 bits per heavy atom. The van der Waals surface area contributed by atoms with Crippen LogP contribution in [-0.2, 0) is 16.4 Å². The van der Waals surface area contributed by atoms with Crippen molar-refractivity contribution in [2.24, 2.45) is 0 Å². The Balaban J connectivity index is 2.03. The Morgan fingerprint density at radius 2 is 1.82 bits per heavy atom. The van der Waals surface area contributed by atoms with Gasteiger partial charge in [0.05, 0.1) is 17.7 Å². The van der Waals surface area contributed by atoms with Gasteiger partial charge in [0, 0.05) is 20.1 Å². The number of nitrogens with one attached hydrogen (secondary N) is 2. The number of hydrogen-bond acceptors (Lipinski definition) is 4. The van der Waals surface area contributed by atoms with Gasteiger partial charge in [0.15, 0.2) is 0 Å². The summed E-state index contributed by atoms with van der Waals surface area (Å²) >= 11 is 0. The van der Waals surface area contributed by atoms with Gasteiger partial charge in [-0.25, -0.2) is 17.5 Å². The summed E-state index contributed by atoms with van der Waals surface area (Å²) < 4.78 is 31.0. The fourth-order valence-corrected chi connectivity index (χ4v) is 3.57. The number of aryl methyl sites for hydroxylation is 1. The summed E-state index contributed by atoms with van der Waals surface area (Å²) in [6.45, 7) is 1.92. The molecule has 0 aliphatic carbocycles. The highest BCUT2D eigenvalue weighted by atomic mass is 32.2. The molecular weight excluding hydrogens is 378 g/mol. The van der Waals surface area contributed by atoms with Crippen LogP contribution >= 0.6 is 0 Å². The predicted molar refractivity (Wildman–Crippen MR) is 110 cm³/mol. The average Bonchev–Trinajstić information content (AvgIpc) is 2.66. The number of rotatable bonds is 8. The van der Waals surface area contributed by atoms with Crippen LogP contribution in [-0.4, -0.2) is 46.0 Å². The van der Waals surface area contributed by atoms with Crippen molar-refractivity contribution in [3.63, 3.8) is 0 Å². The minimum Gasteiger partial charge on any atom is -0.495 e. The number of carbonyl (C=O) groups is 1. The topological polar surface area (TPSA) is 87.7 Å². The van der Waals surface area contributed by atoms with Gasteiger partial charge in [-0.05, 0) is 43.5 Å². The Morgan fingerprint density at radius 1 is 1.14 bits per heavy atom. The molecule has 0 fully saturated rings. The van der Waals surface area contributed by atoms with Crippen molar-refractivity contribution in [3.8, 4) is 5.75 Å². The molecule has 2 rings (SSSR count). The first-order chi connectivity index (χ1) is 13.2. The van der Waals surface area contributed by atoms with Gasteiger partial charge in [0.1, 0.15) is 5.75 Å². The lowest BCUT2D eigenvalue weighted by Crippen LogP contribution is -2.36. The van der Waals surface area contributed by atoms with E-state index in [-0.39, 0.29) is 16.6 Å². The van der Waals surface area contributed by atoms with Crippen LogP contribution in [0.1, 0.15) is 18.9 Å². The standard InChI is InChI=1S/C20H27N3O4S/c1-15(10-11-16-8-6-5-7-9-16)21-20(24)22-18-14-17(12-13-19(18)27-4)28(25,26)23(2)3/h5-9,12-15H,10-11H2,1-4H3,(H2,21,22,24)/t15-/m1/s1. The van der Waals surface area contributed by atoms with Crippen LogP contribution in [0.3, 0.4) is 0 Å². The van der Waals surface area contributed by atoms with E-state index in [1.54, 1.807) is 0 Å². The zero-order valence-electron chi connectivity index (χ0n) is 16.6. The van der Waals surface area contributed by atoms with Crippen LogP contribution < -0.4 is 15.4 Å². The third-order valence-electron chi connectivity index (χ3n) is 4.28. The van der Waals surface area contributed by atoms with Gasteiger partial charge in [-0.1, -0.05) is 30.3 Å². The van der Waals surface area contributed by atoms with Gasteiger partial charge in [0.2, 0.25) is 10.0 Å². The first-order valence-electron chi connectivity index (χ1n) is 8.96. The Hall–Kier alpha value is -2.58. The number of sulfonamides is 1. The third-order valence-corrected chi connectivity index (χ3v) is 6.10. The molecule has 0 spiro atoms. The second-order valence-electron chi connectivity index (χ2n) is 6.67. The zero-order valence-corrected chi connectivity index (χ0v) is 17.4. The molecule has 0 saturated heterocycles. The van der Waals surface area contributed by atoms with Crippen LogP contribution in [0, 0.1) is 0 Å². The van der Waals surface area contributed by atoms with E-state index < -0.39 is 16.1 Å². The molecule has 2 aromatic carbocycles. The van der Waals surface area contributed by atoms with Crippen molar-refractivity contribution in [2.75, 3.05) is 26.5 Å². The summed E-state index contributed by atoms with van der Waals surface area (Å²) in [4.78, 5) is 12.4. The molecule has 28 heavy (non-hydrogen) atoms. The van der Waals surface area contributed by atoms with Gasteiger partial charge < -0.3 is 15.4 Å². The van der Waals surface area contributed by atoms with E-state index in [2.05, 4.69) is 10.6 Å². The Labute approximate surface area is 166 Å². The van der Waals surface area contributed by atoms with Crippen LogP contribution in [0.15, 0.2) is 53.4 Å². The monoisotopic (exact) mass is 405 g/mol. The van der Waals surface area contributed by atoms with E-state index in [0.717, 1.165) is 17.1 Å². The number of benzene rings is 2. The summed E-state index contributed by atoms with van der Waals surface area (Å²) in [5, 5.41) is 5.55. The highest BCUT2D eigenvalue weighted by Gasteiger charge is 2.20. The predicted octanol–water partition coefficient (Wildman–Crippen LogP) is 3.09. The van der Waals surface area contributed by atoms with Crippen LogP contribution in [0.5, 0.6) is 5.75 Å². The maximum Gasteiger partial charge on any atom is 0.319 e. The van der Waals surface area contributed by atoms with Gasteiger partial charge in [0.25, 0.3) is 0 Å². The molecule has 0 saturated carbocycles. The second kappa shape index (κ2) is 9.57. The smallest absolute Gasteiger partial charge is 0.319 e. The SMILES string of the molecule is COc1ccc(S(=O)(=O)N(C)C)cc1NC(=O)N[C@H](C)CCc1ccccc1. The molecule has 1 atom stereocenters. The number of methoxy groups -OCH3 is 1. The fraction of sp³-hybridized carbons (Fsp3) is 0.350. The highest BCUT2D eigenvalue weighted by Crippen LogP contribution is 2.28. The molecule has 0 heterocycles. The number of ether oxygens (including phenoxy) is 1. The summed E-state index contributed by atoms with van der Waals surface area (Å²) in [5.74, 6) is 0.379. The average molecular weight is 406 g/mol. The first kappa shape index (κ1) is 21.7. The molecule has 2 amide bonds. The Bertz CT molecular complexity index is 899. The summed E-state index contributed by atoms with van der Waals surface area (Å²) in [6.07, 6.45) is 1.63.